The fraction of sp³-hybridized carbons (Fsp3) is 0.533. The Balaban J connectivity index is 2.22. The molecular formula is C15H20O4. The lowest BCUT2D eigenvalue weighted by Crippen LogP contribution is -2.17. The lowest BCUT2D eigenvalue weighted by atomic mass is 10.1. The van der Waals surface area contributed by atoms with Gasteiger partial charge in [0.2, 0.25) is 0 Å². The highest BCUT2D eigenvalue weighted by Crippen LogP contribution is 2.44. The molecule has 0 bridgehead atoms. The van der Waals surface area contributed by atoms with E-state index in [1.54, 1.807) is 19.2 Å². The van der Waals surface area contributed by atoms with E-state index in [4.69, 9.17) is 14.2 Å². The largest absolute Gasteiger partial charge is 0.497 e. The monoisotopic (exact) mass is 264 g/mol. The maximum atomic E-state index is 11.9. The van der Waals surface area contributed by atoms with Crippen LogP contribution in [0.3, 0.4) is 0 Å². The molecule has 0 unspecified atom stereocenters. The van der Waals surface area contributed by atoms with E-state index in [0.717, 1.165) is 17.7 Å². The van der Waals surface area contributed by atoms with Crippen molar-refractivity contribution in [1.29, 1.82) is 0 Å². The number of esters is 1. The molecular weight excluding hydrogens is 244 g/mol. The number of benzene rings is 1. The Morgan fingerprint density at radius 3 is 2.68 bits per heavy atom. The predicted octanol–water partition coefficient (Wildman–Crippen LogP) is 3.11. The Morgan fingerprint density at radius 2 is 2.16 bits per heavy atom. The second kappa shape index (κ2) is 5.61. The fourth-order valence-electron chi connectivity index (χ4n) is 1.86. The van der Waals surface area contributed by atoms with Crippen LogP contribution in [0, 0.1) is 5.92 Å². The minimum atomic E-state index is -0.206. The van der Waals surface area contributed by atoms with Crippen LogP contribution in [0.4, 0.5) is 0 Å². The molecule has 1 fully saturated rings. The zero-order valence-electron chi connectivity index (χ0n) is 11.8. The van der Waals surface area contributed by atoms with Gasteiger partial charge in [0.15, 0.2) is 0 Å². The van der Waals surface area contributed by atoms with Gasteiger partial charge in [-0.3, -0.25) is 4.79 Å². The van der Waals surface area contributed by atoms with Crippen LogP contribution < -0.4 is 9.47 Å². The van der Waals surface area contributed by atoms with Gasteiger partial charge >= 0.3 is 5.97 Å². The minimum absolute atomic E-state index is 0.00478. The summed E-state index contributed by atoms with van der Waals surface area (Å²) >= 11 is 0. The third kappa shape index (κ3) is 3.07. The molecule has 0 saturated carbocycles. The molecule has 0 radical (unpaired) electrons. The Bertz CT molecular complexity index is 469. The van der Waals surface area contributed by atoms with Crippen molar-refractivity contribution in [3.8, 4) is 11.5 Å². The minimum Gasteiger partial charge on any atom is -0.497 e. The van der Waals surface area contributed by atoms with Gasteiger partial charge in [-0.2, -0.15) is 0 Å². The molecule has 0 aromatic heterocycles. The number of hydrogen-bond donors (Lipinski definition) is 0. The van der Waals surface area contributed by atoms with Crippen molar-refractivity contribution in [3.05, 3.63) is 23.8 Å². The van der Waals surface area contributed by atoms with Gasteiger partial charge in [0.25, 0.3) is 0 Å². The molecule has 1 saturated heterocycles. The van der Waals surface area contributed by atoms with E-state index in [-0.39, 0.29) is 24.1 Å². The Morgan fingerprint density at radius 1 is 1.47 bits per heavy atom. The summed E-state index contributed by atoms with van der Waals surface area (Å²) < 4.78 is 16.1. The summed E-state index contributed by atoms with van der Waals surface area (Å²) in [6, 6.07) is 5.42. The van der Waals surface area contributed by atoms with Crippen LogP contribution in [-0.2, 0) is 9.53 Å². The van der Waals surface area contributed by atoms with E-state index < -0.39 is 0 Å². The summed E-state index contributed by atoms with van der Waals surface area (Å²) in [6.07, 6.45) is 0.920. The average Bonchev–Trinajstić information content (AvgIpc) is 3.15. The average molecular weight is 264 g/mol. The zero-order chi connectivity index (χ0) is 14.0. The summed E-state index contributed by atoms with van der Waals surface area (Å²) in [5, 5.41) is 0. The first-order chi connectivity index (χ1) is 9.06. The first kappa shape index (κ1) is 13.9. The number of ether oxygens (including phenoxy) is 3. The molecule has 1 heterocycles. The number of carbonyl (C=O) groups is 1. The molecule has 1 aromatic rings. The highest BCUT2D eigenvalue weighted by Gasteiger charge is 2.38. The van der Waals surface area contributed by atoms with Crippen molar-refractivity contribution < 1.29 is 19.0 Å². The van der Waals surface area contributed by atoms with Crippen molar-refractivity contribution in [2.75, 3.05) is 7.11 Å². The molecule has 1 aliphatic rings. The zero-order valence-corrected chi connectivity index (χ0v) is 11.8. The van der Waals surface area contributed by atoms with Gasteiger partial charge in [-0.1, -0.05) is 13.8 Å². The molecule has 1 aromatic carbocycles. The van der Waals surface area contributed by atoms with Crippen LogP contribution in [-0.4, -0.2) is 19.2 Å². The SMILES string of the molecule is CC[C@H](C)C(=O)Oc1ccc(OC)cc1[C@H]1O[C@H]1C. The number of epoxide rings is 1. The van der Waals surface area contributed by atoms with E-state index in [0.29, 0.717) is 5.75 Å². The molecule has 3 atom stereocenters. The molecule has 0 aliphatic carbocycles. The summed E-state index contributed by atoms with van der Waals surface area (Å²) in [7, 11) is 1.61. The quantitative estimate of drug-likeness (QED) is 0.466. The highest BCUT2D eigenvalue weighted by molar-refractivity contribution is 5.75. The topological polar surface area (TPSA) is 48.1 Å². The fourth-order valence-corrected chi connectivity index (χ4v) is 1.86. The van der Waals surface area contributed by atoms with Gasteiger partial charge in [-0.25, -0.2) is 0 Å². The Kier molecular flexibility index (Phi) is 4.10. The van der Waals surface area contributed by atoms with Crippen LogP contribution in [0.25, 0.3) is 0 Å². The second-order valence-electron chi connectivity index (χ2n) is 4.90. The molecule has 19 heavy (non-hydrogen) atoms. The normalized spacial score (nSPS) is 22.7. The summed E-state index contributed by atoms with van der Waals surface area (Å²) in [5.74, 6) is 0.996. The first-order valence-corrected chi connectivity index (χ1v) is 6.61. The van der Waals surface area contributed by atoms with Crippen molar-refractivity contribution >= 4 is 5.97 Å². The van der Waals surface area contributed by atoms with E-state index >= 15 is 0 Å². The molecule has 2 rings (SSSR count). The molecule has 0 spiro atoms. The van der Waals surface area contributed by atoms with Crippen LogP contribution >= 0.6 is 0 Å². The molecule has 1 aliphatic heterocycles. The number of methoxy groups -OCH3 is 1. The van der Waals surface area contributed by atoms with Gasteiger partial charge in [0, 0.05) is 5.56 Å². The molecule has 104 valence electrons. The third-order valence-electron chi connectivity index (χ3n) is 3.46. The molecule has 4 nitrogen and oxygen atoms in total. The maximum absolute atomic E-state index is 11.9. The van der Waals surface area contributed by atoms with Gasteiger partial charge in [0.1, 0.15) is 17.6 Å². The van der Waals surface area contributed by atoms with Gasteiger partial charge in [0.05, 0.1) is 19.1 Å². The van der Waals surface area contributed by atoms with Crippen LogP contribution in [0.15, 0.2) is 18.2 Å². The maximum Gasteiger partial charge on any atom is 0.314 e. The predicted molar refractivity (Wildman–Crippen MR) is 71.4 cm³/mol. The molecule has 0 N–H and O–H groups in total. The van der Waals surface area contributed by atoms with E-state index in [1.807, 2.05) is 26.8 Å². The number of hydrogen-bond acceptors (Lipinski definition) is 4. The third-order valence-corrected chi connectivity index (χ3v) is 3.46. The molecule has 4 heteroatoms. The van der Waals surface area contributed by atoms with Crippen molar-refractivity contribution in [3.63, 3.8) is 0 Å². The van der Waals surface area contributed by atoms with Crippen LogP contribution in [0.2, 0.25) is 0 Å². The number of carbonyl (C=O) groups excluding carboxylic acids is 1. The lowest BCUT2D eigenvalue weighted by Gasteiger charge is -2.13. The summed E-state index contributed by atoms with van der Waals surface area (Å²) in [4.78, 5) is 11.9. The summed E-state index contributed by atoms with van der Waals surface area (Å²) in [6.45, 7) is 5.82. The Hall–Kier alpha value is -1.55. The standard InChI is InChI=1S/C15H20O4/c1-5-9(2)15(16)19-13-7-6-11(17-4)8-12(13)14-10(3)18-14/h6-10,14H,5H2,1-4H3/t9-,10-,14-/m0/s1. The smallest absolute Gasteiger partial charge is 0.314 e. The van der Waals surface area contributed by atoms with Gasteiger partial charge in [-0.05, 0) is 31.5 Å². The summed E-state index contributed by atoms with van der Waals surface area (Å²) in [5.41, 5.74) is 0.878. The van der Waals surface area contributed by atoms with Gasteiger partial charge in [-0.15, -0.1) is 0 Å². The molecule has 0 amide bonds. The van der Waals surface area contributed by atoms with Crippen LogP contribution in [0.1, 0.15) is 38.9 Å². The lowest BCUT2D eigenvalue weighted by molar-refractivity contribution is -0.138. The second-order valence-corrected chi connectivity index (χ2v) is 4.90. The first-order valence-electron chi connectivity index (χ1n) is 6.61. The van der Waals surface area contributed by atoms with Crippen molar-refractivity contribution in [1.82, 2.24) is 0 Å². The van der Waals surface area contributed by atoms with Gasteiger partial charge < -0.3 is 14.2 Å². The van der Waals surface area contributed by atoms with E-state index in [9.17, 15) is 4.79 Å². The van der Waals surface area contributed by atoms with Crippen molar-refractivity contribution in [2.24, 2.45) is 5.92 Å². The Labute approximate surface area is 113 Å². The number of rotatable bonds is 5. The van der Waals surface area contributed by atoms with E-state index in [2.05, 4.69) is 0 Å². The van der Waals surface area contributed by atoms with Crippen LogP contribution in [0.5, 0.6) is 11.5 Å². The van der Waals surface area contributed by atoms with E-state index in [1.165, 1.54) is 0 Å². The van der Waals surface area contributed by atoms with Crippen molar-refractivity contribution in [2.45, 2.75) is 39.4 Å². The highest BCUT2D eigenvalue weighted by atomic mass is 16.6.